The van der Waals surface area contributed by atoms with Crippen LogP contribution in [0.15, 0.2) is 36.5 Å². The molecule has 0 fully saturated rings. The average Bonchev–Trinajstić information content (AvgIpc) is 2.62. The maximum Gasteiger partial charge on any atom is 0.341 e. The van der Waals surface area contributed by atoms with Gasteiger partial charge in [-0.2, -0.15) is 0 Å². The number of hydrogen-bond donors (Lipinski definition) is 1. The second-order valence-corrected chi connectivity index (χ2v) is 6.53. The summed E-state index contributed by atoms with van der Waals surface area (Å²) in [6.45, 7) is 6.18. The third-order valence-electron chi connectivity index (χ3n) is 3.99. The lowest BCUT2D eigenvalue weighted by Gasteiger charge is -2.16. The number of hydrogen-bond acceptors (Lipinski definition) is 5. The maximum atomic E-state index is 12.5. The molecule has 1 aromatic carbocycles. The lowest BCUT2D eigenvalue weighted by atomic mass is 10.1. The summed E-state index contributed by atoms with van der Waals surface area (Å²) in [6.07, 6.45) is 2.26. The molecule has 0 aliphatic heterocycles. The predicted molar refractivity (Wildman–Crippen MR) is 104 cm³/mol. The number of aryl methyl sites for hydroxylation is 2. The molecule has 0 unspecified atom stereocenters. The van der Waals surface area contributed by atoms with E-state index in [9.17, 15) is 4.79 Å². The largest absolute Gasteiger partial charge is 0.462 e. The lowest BCUT2D eigenvalue weighted by molar-refractivity contribution is 0.0506. The van der Waals surface area contributed by atoms with E-state index in [1.165, 1.54) is 6.20 Å². The Morgan fingerprint density at radius 2 is 2.04 bits per heavy atom. The molecule has 3 aromatic rings. The van der Waals surface area contributed by atoms with Gasteiger partial charge in [0.15, 0.2) is 5.65 Å². The summed E-state index contributed by atoms with van der Waals surface area (Å²) in [5.74, 6) is -0.413. The molecule has 2 aromatic heterocycles. The molecule has 3 rings (SSSR count). The Morgan fingerprint density at radius 1 is 1.23 bits per heavy atom. The normalized spacial score (nSPS) is 10.8. The van der Waals surface area contributed by atoms with Crippen LogP contribution in [-0.2, 0) is 4.74 Å². The number of rotatable bonds is 5. The van der Waals surface area contributed by atoms with Gasteiger partial charge in [0.1, 0.15) is 5.56 Å². The minimum absolute atomic E-state index is 0.360. The molecule has 0 radical (unpaired) electrons. The minimum atomic E-state index is -0.413. The van der Waals surface area contributed by atoms with Crippen molar-refractivity contribution in [3.8, 4) is 0 Å². The van der Waals surface area contributed by atoms with E-state index in [4.69, 9.17) is 16.3 Å². The van der Waals surface area contributed by atoms with Crippen LogP contribution in [0.4, 0.5) is 11.4 Å². The second-order valence-electron chi connectivity index (χ2n) is 6.09. The van der Waals surface area contributed by atoms with Gasteiger partial charge in [-0.15, -0.1) is 0 Å². The highest BCUT2D eigenvalue weighted by Gasteiger charge is 2.18. The number of pyridine rings is 2. The fourth-order valence-corrected chi connectivity index (χ4v) is 2.77. The van der Waals surface area contributed by atoms with Gasteiger partial charge in [-0.3, -0.25) is 0 Å². The monoisotopic (exact) mass is 369 g/mol. The highest BCUT2D eigenvalue weighted by atomic mass is 35.5. The highest BCUT2D eigenvalue weighted by Crippen LogP contribution is 2.31. The van der Waals surface area contributed by atoms with E-state index >= 15 is 0 Å². The first-order chi connectivity index (χ1) is 12.5. The van der Waals surface area contributed by atoms with Crippen LogP contribution in [-0.4, -0.2) is 22.5 Å². The van der Waals surface area contributed by atoms with Crippen LogP contribution in [0, 0.1) is 13.8 Å². The van der Waals surface area contributed by atoms with Crippen LogP contribution in [0.1, 0.15) is 35.0 Å². The number of nitrogens with one attached hydrogen (secondary N) is 1. The van der Waals surface area contributed by atoms with Crippen molar-refractivity contribution in [1.82, 2.24) is 9.97 Å². The standard InChI is InChI=1S/C20H20ClN3O2/c1-4-9-26-20(25)16-11-22-19-15(8-6-13(3)23-19)18(16)24-17-10-14(21)7-5-12(17)2/h5-8,10-11H,4,9H2,1-3H3,(H,22,23,24). The van der Waals surface area contributed by atoms with Crippen LogP contribution in [0.25, 0.3) is 11.0 Å². The number of halogens is 1. The Labute approximate surface area is 157 Å². The number of nitrogens with zero attached hydrogens (tertiary/aromatic N) is 2. The first-order valence-electron chi connectivity index (χ1n) is 8.46. The number of esters is 1. The molecule has 0 amide bonds. The fourth-order valence-electron chi connectivity index (χ4n) is 2.60. The van der Waals surface area contributed by atoms with Crippen molar-refractivity contribution in [2.75, 3.05) is 11.9 Å². The molecule has 0 saturated heterocycles. The Bertz CT molecular complexity index is 973. The van der Waals surface area contributed by atoms with Crippen molar-refractivity contribution in [3.63, 3.8) is 0 Å². The molecule has 0 aliphatic rings. The third kappa shape index (κ3) is 3.78. The zero-order chi connectivity index (χ0) is 18.7. The number of carbonyl (C=O) groups is 1. The van der Waals surface area contributed by atoms with Gasteiger partial charge in [0, 0.05) is 28.0 Å². The number of benzene rings is 1. The molecule has 26 heavy (non-hydrogen) atoms. The van der Waals surface area contributed by atoms with E-state index in [-0.39, 0.29) is 0 Å². The topological polar surface area (TPSA) is 64.1 Å². The summed E-state index contributed by atoms with van der Waals surface area (Å²) in [5.41, 5.74) is 4.24. The van der Waals surface area contributed by atoms with Gasteiger partial charge in [-0.1, -0.05) is 24.6 Å². The van der Waals surface area contributed by atoms with Crippen LogP contribution in [0.5, 0.6) is 0 Å². The van der Waals surface area contributed by atoms with Crippen LogP contribution < -0.4 is 5.32 Å². The van der Waals surface area contributed by atoms with Crippen molar-refractivity contribution in [3.05, 3.63) is 58.4 Å². The molecule has 0 bridgehead atoms. The van der Waals surface area contributed by atoms with E-state index in [1.807, 2.05) is 51.1 Å². The highest BCUT2D eigenvalue weighted by molar-refractivity contribution is 6.30. The van der Waals surface area contributed by atoms with Crippen molar-refractivity contribution in [2.45, 2.75) is 27.2 Å². The van der Waals surface area contributed by atoms with Crippen molar-refractivity contribution < 1.29 is 9.53 Å². The smallest absolute Gasteiger partial charge is 0.341 e. The number of fused-ring (bicyclic) bond motifs is 1. The molecule has 0 atom stereocenters. The van der Waals surface area contributed by atoms with Crippen molar-refractivity contribution >= 4 is 40.0 Å². The van der Waals surface area contributed by atoms with Gasteiger partial charge in [0.2, 0.25) is 0 Å². The van der Waals surface area contributed by atoms with Gasteiger partial charge in [-0.05, 0) is 50.1 Å². The van der Waals surface area contributed by atoms with E-state index in [2.05, 4.69) is 15.3 Å². The van der Waals surface area contributed by atoms with E-state index in [0.29, 0.717) is 28.5 Å². The molecule has 2 heterocycles. The van der Waals surface area contributed by atoms with Gasteiger partial charge in [-0.25, -0.2) is 14.8 Å². The Kier molecular flexibility index (Phi) is 5.38. The molecule has 5 nitrogen and oxygen atoms in total. The summed E-state index contributed by atoms with van der Waals surface area (Å²) >= 11 is 6.14. The minimum Gasteiger partial charge on any atom is -0.462 e. The fraction of sp³-hybridized carbons (Fsp3) is 0.250. The summed E-state index contributed by atoms with van der Waals surface area (Å²) < 4.78 is 5.32. The molecule has 0 aliphatic carbocycles. The van der Waals surface area contributed by atoms with Gasteiger partial charge >= 0.3 is 5.97 Å². The molecule has 134 valence electrons. The van der Waals surface area contributed by atoms with Crippen molar-refractivity contribution in [1.29, 1.82) is 0 Å². The zero-order valence-corrected chi connectivity index (χ0v) is 15.7. The molecule has 1 N–H and O–H groups in total. The summed E-state index contributed by atoms with van der Waals surface area (Å²) in [4.78, 5) is 21.3. The summed E-state index contributed by atoms with van der Waals surface area (Å²) in [5, 5.41) is 4.70. The van der Waals surface area contributed by atoms with Gasteiger partial charge in [0.25, 0.3) is 0 Å². The average molecular weight is 370 g/mol. The van der Waals surface area contributed by atoms with Gasteiger partial charge < -0.3 is 10.1 Å². The Hall–Kier alpha value is -2.66. The quantitative estimate of drug-likeness (QED) is 0.625. The Morgan fingerprint density at radius 3 is 2.81 bits per heavy atom. The molecular weight excluding hydrogens is 350 g/mol. The molecule has 0 spiro atoms. The molecule has 6 heteroatoms. The van der Waals surface area contributed by atoms with E-state index in [0.717, 1.165) is 28.8 Å². The predicted octanol–water partition coefficient (Wildman–Crippen LogP) is 5.21. The van der Waals surface area contributed by atoms with E-state index < -0.39 is 5.97 Å². The Balaban J connectivity index is 2.15. The van der Waals surface area contributed by atoms with Crippen LogP contribution >= 0.6 is 11.6 Å². The number of aromatic nitrogens is 2. The third-order valence-corrected chi connectivity index (χ3v) is 4.22. The number of carbonyl (C=O) groups excluding carboxylic acids is 1. The maximum absolute atomic E-state index is 12.5. The first-order valence-corrected chi connectivity index (χ1v) is 8.84. The number of anilines is 2. The first kappa shape index (κ1) is 18.1. The summed E-state index contributed by atoms with van der Waals surface area (Å²) in [7, 11) is 0. The molecule has 0 saturated carbocycles. The van der Waals surface area contributed by atoms with E-state index in [1.54, 1.807) is 0 Å². The zero-order valence-electron chi connectivity index (χ0n) is 15.0. The van der Waals surface area contributed by atoms with Crippen molar-refractivity contribution in [2.24, 2.45) is 0 Å². The lowest BCUT2D eigenvalue weighted by Crippen LogP contribution is -2.10. The van der Waals surface area contributed by atoms with Crippen LogP contribution in [0.3, 0.4) is 0 Å². The van der Waals surface area contributed by atoms with Gasteiger partial charge in [0.05, 0.1) is 12.3 Å². The SMILES string of the molecule is CCCOC(=O)c1cnc2nc(C)ccc2c1Nc1cc(Cl)ccc1C. The second kappa shape index (κ2) is 7.70. The summed E-state index contributed by atoms with van der Waals surface area (Å²) in [6, 6.07) is 9.37. The number of ether oxygens (including phenoxy) is 1. The van der Waals surface area contributed by atoms with Crippen LogP contribution in [0.2, 0.25) is 5.02 Å². The molecular formula is C20H20ClN3O2.